The van der Waals surface area contributed by atoms with E-state index in [0.29, 0.717) is 35.7 Å². The second-order valence-corrected chi connectivity index (χ2v) is 9.28. The summed E-state index contributed by atoms with van der Waals surface area (Å²) >= 11 is 5.96. The Morgan fingerprint density at radius 3 is 2.89 bits per heavy atom. The SMILES string of the molecule is CN(Cc1cnccn1)S(=O)(=O)C1CCCN(C(=O)c2cccc(Cl)c2)C1. The maximum atomic E-state index is 13.0. The minimum Gasteiger partial charge on any atom is -0.337 e. The standard InChI is InChI=1S/C18H21ClN4O3S/c1-22(12-16-11-20-7-8-21-16)27(25,26)17-6-3-9-23(13-17)18(24)14-4-2-5-15(19)10-14/h2,4-5,7-8,10-11,17H,3,6,9,12-13H2,1H3. The Bertz CT molecular complexity index is 908. The van der Waals surface area contributed by atoms with Gasteiger partial charge in [-0.3, -0.25) is 14.8 Å². The summed E-state index contributed by atoms with van der Waals surface area (Å²) in [4.78, 5) is 22.4. The highest BCUT2D eigenvalue weighted by Gasteiger charge is 2.35. The minimum absolute atomic E-state index is 0.148. The van der Waals surface area contributed by atoms with E-state index in [-0.39, 0.29) is 19.0 Å². The zero-order valence-electron chi connectivity index (χ0n) is 15.0. The van der Waals surface area contributed by atoms with Crippen LogP contribution in [0.4, 0.5) is 0 Å². The molecule has 1 aromatic heterocycles. The van der Waals surface area contributed by atoms with E-state index < -0.39 is 15.3 Å². The Kier molecular flexibility index (Phi) is 6.08. The van der Waals surface area contributed by atoms with E-state index in [1.165, 1.54) is 17.5 Å². The summed E-state index contributed by atoms with van der Waals surface area (Å²) in [5, 5.41) is -0.165. The molecular formula is C18H21ClN4O3S. The zero-order valence-corrected chi connectivity index (χ0v) is 16.5. The number of nitrogens with zero attached hydrogens (tertiary/aromatic N) is 4. The lowest BCUT2D eigenvalue weighted by atomic mass is 10.1. The van der Waals surface area contributed by atoms with Crippen molar-refractivity contribution in [3.05, 3.63) is 59.1 Å². The van der Waals surface area contributed by atoms with E-state index >= 15 is 0 Å². The van der Waals surface area contributed by atoms with Crippen molar-refractivity contribution < 1.29 is 13.2 Å². The highest BCUT2D eigenvalue weighted by molar-refractivity contribution is 7.89. The third-order valence-electron chi connectivity index (χ3n) is 4.59. The largest absolute Gasteiger partial charge is 0.337 e. The van der Waals surface area contributed by atoms with Crippen molar-refractivity contribution >= 4 is 27.5 Å². The summed E-state index contributed by atoms with van der Waals surface area (Å²) in [6.07, 6.45) is 5.77. The second kappa shape index (κ2) is 8.33. The van der Waals surface area contributed by atoms with E-state index in [0.717, 1.165) is 0 Å². The Hall–Kier alpha value is -2.03. The monoisotopic (exact) mass is 408 g/mol. The molecule has 1 aliphatic heterocycles. The number of carbonyl (C=O) groups excluding carboxylic acids is 1. The normalized spacial score (nSPS) is 17.9. The lowest BCUT2D eigenvalue weighted by Crippen LogP contribution is -2.48. The van der Waals surface area contributed by atoms with Gasteiger partial charge in [-0.2, -0.15) is 4.31 Å². The molecule has 0 aliphatic carbocycles. The number of hydrogen-bond acceptors (Lipinski definition) is 5. The van der Waals surface area contributed by atoms with Gasteiger partial charge in [0, 0.05) is 49.3 Å². The van der Waals surface area contributed by atoms with Crippen LogP contribution in [0, 0.1) is 0 Å². The molecule has 144 valence electrons. The van der Waals surface area contributed by atoms with Gasteiger partial charge in [0.05, 0.1) is 17.5 Å². The van der Waals surface area contributed by atoms with Crippen LogP contribution in [0.15, 0.2) is 42.9 Å². The van der Waals surface area contributed by atoms with E-state index in [2.05, 4.69) is 9.97 Å². The number of carbonyl (C=O) groups is 1. The van der Waals surface area contributed by atoms with Gasteiger partial charge in [-0.25, -0.2) is 8.42 Å². The average Bonchev–Trinajstić information content (AvgIpc) is 2.68. The molecule has 27 heavy (non-hydrogen) atoms. The molecule has 9 heteroatoms. The molecule has 2 heterocycles. The number of rotatable bonds is 5. The molecule has 0 spiro atoms. The molecule has 0 N–H and O–H groups in total. The van der Waals surface area contributed by atoms with E-state index in [4.69, 9.17) is 11.6 Å². The first kappa shape index (κ1) is 19.7. The van der Waals surface area contributed by atoms with Crippen LogP contribution in [-0.4, -0.2) is 58.9 Å². The summed E-state index contributed by atoms with van der Waals surface area (Å²) in [7, 11) is -2.04. The van der Waals surface area contributed by atoms with Crippen LogP contribution in [0.2, 0.25) is 5.02 Å². The summed E-state index contributed by atoms with van der Waals surface area (Å²) in [5.41, 5.74) is 1.04. The molecule has 1 aliphatic rings. The first-order valence-corrected chi connectivity index (χ1v) is 10.5. The number of benzene rings is 1. The van der Waals surface area contributed by atoms with Gasteiger partial charge >= 0.3 is 0 Å². The van der Waals surface area contributed by atoms with Crippen LogP contribution in [0.5, 0.6) is 0 Å². The molecular weight excluding hydrogens is 388 g/mol. The third-order valence-corrected chi connectivity index (χ3v) is 7.05. The molecule has 2 aromatic rings. The van der Waals surface area contributed by atoms with Crippen molar-refractivity contribution in [1.29, 1.82) is 0 Å². The maximum absolute atomic E-state index is 13.0. The lowest BCUT2D eigenvalue weighted by molar-refractivity contribution is 0.0725. The topological polar surface area (TPSA) is 83.5 Å². The predicted molar refractivity (Wildman–Crippen MR) is 103 cm³/mol. The second-order valence-electron chi connectivity index (χ2n) is 6.52. The number of hydrogen-bond donors (Lipinski definition) is 0. The average molecular weight is 409 g/mol. The van der Waals surface area contributed by atoms with Gasteiger partial charge in [-0.1, -0.05) is 17.7 Å². The van der Waals surface area contributed by atoms with Crippen LogP contribution in [0.25, 0.3) is 0 Å². The van der Waals surface area contributed by atoms with Crippen molar-refractivity contribution in [2.75, 3.05) is 20.1 Å². The minimum atomic E-state index is -3.57. The summed E-state index contributed by atoms with van der Waals surface area (Å²) < 4.78 is 27.2. The molecule has 3 rings (SSSR count). The van der Waals surface area contributed by atoms with Gasteiger partial charge in [0.25, 0.3) is 5.91 Å². The van der Waals surface area contributed by atoms with Crippen LogP contribution < -0.4 is 0 Å². The highest BCUT2D eigenvalue weighted by Crippen LogP contribution is 2.23. The number of aromatic nitrogens is 2. The molecule has 7 nitrogen and oxygen atoms in total. The van der Waals surface area contributed by atoms with Crippen molar-refractivity contribution in [2.45, 2.75) is 24.6 Å². The van der Waals surface area contributed by atoms with E-state index in [1.807, 2.05) is 0 Å². The van der Waals surface area contributed by atoms with Crippen LogP contribution in [-0.2, 0) is 16.6 Å². The number of amides is 1. The van der Waals surface area contributed by atoms with Gasteiger partial charge in [-0.05, 0) is 31.0 Å². The molecule has 0 saturated carbocycles. The first-order valence-electron chi connectivity index (χ1n) is 8.63. The number of likely N-dealkylation sites (tertiary alicyclic amines) is 1. The zero-order chi connectivity index (χ0) is 19.4. The number of halogens is 1. The number of piperidine rings is 1. The van der Waals surface area contributed by atoms with Crippen molar-refractivity contribution in [2.24, 2.45) is 0 Å². The lowest BCUT2D eigenvalue weighted by Gasteiger charge is -2.34. The Balaban J connectivity index is 1.71. The summed E-state index contributed by atoms with van der Waals surface area (Å²) in [6.45, 7) is 0.846. The molecule has 1 aromatic carbocycles. The Morgan fingerprint density at radius 1 is 1.37 bits per heavy atom. The van der Waals surface area contributed by atoms with E-state index in [9.17, 15) is 13.2 Å². The smallest absolute Gasteiger partial charge is 0.253 e. The van der Waals surface area contributed by atoms with Gasteiger partial charge < -0.3 is 4.90 Å². The fraction of sp³-hybridized carbons (Fsp3) is 0.389. The molecule has 0 radical (unpaired) electrons. The fourth-order valence-electron chi connectivity index (χ4n) is 3.15. The van der Waals surface area contributed by atoms with E-state index in [1.54, 1.807) is 41.6 Å². The third kappa shape index (κ3) is 4.63. The van der Waals surface area contributed by atoms with Gasteiger partial charge in [-0.15, -0.1) is 0 Å². The van der Waals surface area contributed by atoms with Crippen LogP contribution >= 0.6 is 11.6 Å². The van der Waals surface area contributed by atoms with Crippen LogP contribution in [0.1, 0.15) is 28.9 Å². The van der Waals surface area contributed by atoms with Crippen LogP contribution in [0.3, 0.4) is 0 Å². The molecule has 0 bridgehead atoms. The van der Waals surface area contributed by atoms with Gasteiger partial charge in [0.1, 0.15) is 0 Å². The maximum Gasteiger partial charge on any atom is 0.253 e. The summed E-state index contributed by atoms with van der Waals surface area (Å²) in [6, 6.07) is 6.69. The van der Waals surface area contributed by atoms with Gasteiger partial charge in [0.15, 0.2) is 0 Å². The Labute approximate surface area is 164 Å². The highest BCUT2D eigenvalue weighted by atomic mass is 35.5. The molecule has 1 saturated heterocycles. The number of sulfonamides is 1. The first-order chi connectivity index (χ1) is 12.9. The molecule has 1 amide bonds. The molecule has 1 fully saturated rings. The predicted octanol–water partition coefficient (Wildman–Crippen LogP) is 2.20. The van der Waals surface area contributed by atoms with Gasteiger partial charge in [0.2, 0.25) is 10.0 Å². The Morgan fingerprint density at radius 2 is 2.19 bits per heavy atom. The molecule has 1 unspecified atom stereocenters. The fourth-order valence-corrected chi connectivity index (χ4v) is 5.00. The van der Waals surface area contributed by atoms with Crippen molar-refractivity contribution in [1.82, 2.24) is 19.2 Å². The summed E-state index contributed by atoms with van der Waals surface area (Å²) in [5.74, 6) is -0.200. The molecule has 1 atom stereocenters. The quantitative estimate of drug-likeness (QED) is 0.757. The van der Waals surface area contributed by atoms with Crippen molar-refractivity contribution in [3.8, 4) is 0 Å². The van der Waals surface area contributed by atoms with Crippen molar-refractivity contribution in [3.63, 3.8) is 0 Å².